The van der Waals surface area contributed by atoms with E-state index in [0.29, 0.717) is 16.4 Å². The van der Waals surface area contributed by atoms with Crippen molar-refractivity contribution in [3.63, 3.8) is 0 Å². The average molecular weight is 357 g/mol. The summed E-state index contributed by atoms with van der Waals surface area (Å²) in [7, 11) is 0. The minimum Gasteiger partial charge on any atom is -0.490 e. The Morgan fingerprint density at radius 2 is 2.04 bits per heavy atom. The zero-order valence-electron chi connectivity index (χ0n) is 13.8. The summed E-state index contributed by atoms with van der Waals surface area (Å²) in [4.78, 5) is 12.2. The van der Waals surface area contributed by atoms with Gasteiger partial charge in [-0.05, 0) is 50.2 Å². The largest absolute Gasteiger partial charge is 0.490 e. The van der Waals surface area contributed by atoms with Crippen LogP contribution < -0.4 is 10.2 Å². The fourth-order valence-electron chi connectivity index (χ4n) is 2.29. The number of hydrogen-bond donors (Lipinski definition) is 1. The Labute approximate surface area is 150 Å². The zero-order valence-corrected chi connectivity index (χ0v) is 14.6. The van der Waals surface area contributed by atoms with E-state index in [4.69, 9.17) is 20.8 Å². The minimum atomic E-state index is -0.439. The quantitative estimate of drug-likeness (QED) is 0.535. The van der Waals surface area contributed by atoms with E-state index in [9.17, 15) is 4.79 Å². The molecule has 6 heteroatoms. The fraction of sp³-hybridized carbons (Fsp3) is 0.158. The molecule has 0 bridgehead atoms. The first-order chi connectivity index (χ1) is 12.0. The molecule has 1 heterocycles. The van der Waals surface area contributed by atoms with E-state index in [1.807, 2.05) is 38.1 Å². The number of rotatable bonds is 5. The number of fused-ring (bicyclic) bond motifs is 1. The second kappa shape index (κ2) is 7.40. The summed E-state index contributed by atoms with van der Waals surface area (Å²) in [5, 5.41) is 5.33. The summed E-state index contributed by atoms with van der Waals surface area (Å²) in [6.45, 7) is 3.90. The smallest absolute Gasteiger partial charge is 0.307 e. The number of ether oxygens (including phenoxy) is 1. The number of nitrogens with one attached hydrogen (secondary N) is 1. The molecule has 0 aliphatic carbocycles. The predicted molar refractivity (Wildman–Crippen MR) is 98.5 cm³/mol. The highest BCUT2D eigenvalue weighted by atomic mass is 35.5. The van der Waals surface area contributed by atoms with Crippen LogP contribution in [0.4, 0.5) is 0 Å². The molecule has 0 fully saturated rings. The highest BCUT2D eigenvalue weighted by Gasteiger charge is 2.12. The van der Waals surface area contributed by atoms with Gasteiger partial charge in [-0.3, -0.25) is 4.79 Å². The van der Waals surface area contributed by atoms with Crippen molar-refractivity contribution in [1.29, 1.82) is 0 Å². The minimum absolute atomic E-state index is 0.0477. The molecule has 0 aliphatic rings. The molecule has 1 amide bonds. The van der Waals surface area contributed by atoms with Crippen LogP contribution in [-0.4, -0.2) is 18.2 Å². The third-order valence-corrected chi connectivity index (χ3v) is 3.59. The number of carbonyl (C=O) groups is 1. The fourth-order valence-corrected chi connectivity index (χ4v) is 2.47. The SMILES string of the molecule is CC(C)Oc1ccccc1/C=N/NC(=O)c1cc2cc(Cl)ccc2o1. The van der Waals surface area contributed by atoms with Gasteiger partial charge in [0.1, 0.15) is 11.3 Å². The van der Waals surface area contributed by atoms with E-state index in [-0.39, 0.29) is 11.9 Å². The number of carbonyl (C=O) groups excluding carboxylic acids is 1. The number of hydrogen-bond acceptors (Lipinski definition) is 4. The third kappa shape index (κ3) is 4.19. The van der Waals surface area contributed by atoms with Gasteiger partial charge in [0, 0.05) is 16.0 Å². The van der Waals surface area contributed by atoms with Crippen molar-refractivity contribution in [2.75, 3.05) is 0 Å². The maximum Gasteiger partial charge on any atom is 0.307 e. The van der Waals surface area contributed by atoms with Crippen molar-refractivity contribution >= 4 is 34.7 Å². The van der Waals surface area contributed by atoms with Gasteiger partial charge in [0.25, 0.3) is 0 Å². The van der Waals surface area contributed by atoms with Gasteiger partial charge in [-0.25, -0.2) is 5.43 Å². The van der Waals surface area contributed by atoms with E-state index in [1.165, 1.54) is 6.21 Å². The lowest BCUT2D eigenvalue weighted by molar-refractivity contribution is 0.0929. The van der Waals surface area contributed by atoms with Gasteiger partial charge >= 0.3 is 5.91 Å². The van der Waals surface area contributed by atoms with Crippen molar-refractivity contribution in [2.45, 2.75) is 20.0 Å². The highest BCUT2D eigenvalue weighted by Crippen LogP contribution is 2.23. The number of hydrazone groups is 1. The lowest BCUT2D eigenvalue weighted by Crippen LogP contribution is -2.17. The van der Waals surface area contributed by atoms with E-state index in [0.717, 1.165) is 10.9 Å². The molecule has 1 aromatic heterocycles. The van der Waals surface area contributed by atoms with Crippen molar-refractivity contribution in [3.8, 4) is 5.75 Å². The molecule has 0 radical (unpaired) electrons. The average Bonchev–Trinajstić information content (AvgIpc) is 2.99. The summed E-state index contributed by atoms with van der Waals surface area (Å²) in [6.07, 6.45) is 1.58. The Hall–Kier alpha value is -2.79. The van der Waals surface area contributed by atoms with Crippen LogP contribution in [0, 0.1) is 0 Å². The monoisotopic (exact) mass is 356 g/mol. The summed E-state index contributed by atoms with van der Waals surface area (Å²) >= 11 is 5.93. The third-order valence-electron chi connectivity index (χ3n) is 3.35. The second-order valence-corrected chi connectivity index (χ2v) is 6.13. The number of para-hydroxylation sites is 1. The van der Waals surface area contributed by atoms with Crippen LogP contribution in [0.2, 0.25) is 5.02 Å². The summed E-state index contributed by atoms with van der Waals surface area (Å²) in [5.74, 6) is 0.431. The Kier molecular flexibility index (Phi) is 5.05. The molecule has 0 spiro atoms. The molecular formula is C19H17ClN2O3. The van der Waals surface area contributed by atoms with E-state index in [2.05, 4.69) is 10.5 Å². The molecule has 128 valence electrons. The van der Waals surface area contributed by atoms with Crippen LogP contribution >= 0.6 is 11.6 Å². The van der Waals surface area contributed by atoms with Gasteiger partial charge in [-0.15, -0.1) is 0 Å². The van der Waals surface area contributed by atoms with E-state index < -0.39 is 5.91 Å². The van der Waals surface area contributed by atoms with Crippen LogP contribution in [0.3, 0.4) is 0 Å². The molecule has 25 heavy (non-hydrogen) atoms. The Balaban J connectivity index is 1.72. The van der Waals surface area contributed by atoms with Gasteiger partial charge in [-0.1, -0.05) is 23.7 Å². The number of halogens is 1. The maximum absolute atomic E-state index is 12.2. The summed E-state index contributed by atoms with van der Waals surface area (Å²) in [5.41, 5.74) is 3.81. The Morgan fingerprint density at radius 3 is 2.84 bits per heavy atom. The molecule has 2 aromatic carbocycles. The van der Waals surface area contributed by atoms with Gasteiger partial charge in [0.05, 0.1) is 12.3 Å². The maximum atomic E-state index is 12.2. The number of benzene rings is 2. The Bertz CT molecular complexity index is 931. The Morgan fingerprint density at radius 1 is 1.24 bits per heavy atom. The first-order valence-corrected chi connectivity index (χ1v) is 8.19. The molecule has 0 saturated carbocycles. The van der Waals surface area contributed by atoms with Crippen molar-refractivity contribution in [3.05, 3.63) is 64.9 Å². The predicted octanol–water partition coefficient (Wildman–Crippen LogP) is 4.64. The van der Waals surface area contributed by atoms with E-state index in [1.54, 1.807) is 24.3 Å². The van der Waals surface area contributed by atoms with Gasteiger partial charge in [-0.2, -0.15) is 5.10 Å². The lowest BCUT2D eigenvalue weighted by atomic mass is 10.2. The molecule has 0 saturated heterocycles. The molecular weight excluding hydrogens is 340 g/mol. The lowest BCUT2D eigenvalue weighted by Gasteiger charge is -2.11. The number of amides is 1. The molecule has 3 rings (SSSR count). The van der Waals surface area contributed by atoms with Crippen LogP contribution in [0.1, 0.15) is 30.0 Å². The van der Waals surface area contributed by atoms with Crippen molar-refractivity contribution in [2.24, 2.45) is 5.10 Å². The normalized spacial score (nSPS) is 11.4. The van der Waals surface area contributed by atoms with Gasteiger partial charge < -0.3 is 9.15 Å². The molecule has 0 unspecified atom stereocenters. The molecule has 5 nitrogen and oxygen atoms in total. The number of nitrogens with zero attached hydrogens (tertiary/aromatic N) is 1. The first kappa shape index (κ1) is 17.0. The second-order valence-electron chi connectivity index (χ2n) is 5.70. The molecule has 0 aliphatic heterocycles. The molecule has 3 aromatic rings. The summed E-state index contributed by atoms with van der Waals surface area (Å²) < 4.78 is 11.2. The zero-order chi connectivity index (χ0) is 17.8. The van der Waals surface area contributed by atoms with Crippen LogP contribution in [-0.2, 0) is 0 Å². The van der Waals surface area contributed by atoms with Crippen molar-refractivity contribution < 1.29 is 13.9 Å². The van der Waals surface area contributed by atoms with Crippen molar-refractivity contribution in [1.82, 2.24) is 5.43 Å². The van der Waals surface area contributed by atoms with Crippen LogP contribution in [0.5, 0.6) is 5.75 Å². The van der Waals surface area contributed by atoms with Gasteiger partial charge in [0.15, 0.2) is 5.76 Å². The highest BCUT2D eigenvalue weighted by molar-refractivity contribution is 6.31. The number of furan rings is 1. The van der Waals surface area contributed by atoms with Gasteiger partial charge in [0.2, 0.25) is 0 Å². The topological polar surface area (TPSA) is 63.8 Å². The summed E-state index contributed by atoms with van der Waals surface area (Å²) in [6, 6.07) is 14.3. The first-order valence-electron chi connectivity index (χ1n) is 7.81. The molecule has 0 atom stereocenters. The standard InChI is InChI=1S/C19H17ClN2O3/c1-12(2)24-16-6-4-3-5-13(16)11-21-22-19(23)18-10-14-9-15(20)7-8-17(14)25-18/h3-12H,1-2H3,(H,22,23)/b21-11+. The van der Waals surface area contributed by atoms with Crippen LogP contribution in [0.15, 0.2) is 58.0 Å². The van der Waals surface area contributed by atoms with E-state index >= 15 is 0 Å². The molecule has 1 N–H and O–H groups in total. The van der Waals surface area contributed by atoms with Crippen LogP contribution in [0.25, 0.3) is 11.0 Å².